The van der Waals surface area contributed by atoms with Crippen molar-refractivity contribution in [1.82, 2.24) is 0 Å². The van der Waals surface area contributed by atoms with Crippen molar-refractivity contribution in [3.05, 3.63) is 71.8 Å². The van der Waals surface area contributed by atoms with Crippen LogP contribution in [0.15, 0.2) is 60.7 Å². The van der Waals surface area contributed by atoms with Gasteiger partial charge in [-0.3, -0.25) is 4.79 Å². The third-order valence-corrected chi connectivity index (χ3v) is 4.24. The van der Waals surface area contributed by atoms with Gasteiger partial charge in [0.2, 0.25) is 0 Å². The van der Waals surface area contributed by atoms with Gasteiger partial charge in [-0.05, 0) is 12.5 Å². The van der Waals surface area contributed by atoms with Gasteiger partial charge in [0.05, 0.1) is 5.38 Å². The van der Waals surface area contributed by atoms with E-state index in [1.165, 1.54) is 0 Å². The van der Waals surface area contributed by atoms with E-state index in [4.69, 9.17) is 23.2 Å². The van der Waals surface area contributed by atoms with Crippen LogP contribution >= 0.6 is 23.2 Å². The summed E-state index contributed by atoms with van der Waals surface area (Å²) in [7, 11) is 0. The Morgan fingerprint density at radius 3 is 2.00 bits per heavy atom. The maximum absolute atomic E-state index is 12.5. The molecule has 0 aliphatic heterocycles. The first-order valence-electron chi connectivity index (χ1n) is 6.01. The normalized spacial score (nSPS) is 15.5. The predicted molar refractivity (Wildman–Crippen MR) is 80.1 cm³/mol. The van der Waals surface area contributed by atoms with Crippen LogP contribution in [0.1, 0.15) is 28.2 Å². The quantitative estimate of drug-likeness (QED) is 0.582. The van der Waals surface area contributed by atoms with E-state index in [-0.39, 0.29) is 5.78 Å². The summed E-state index contributed by atoms with van der Waals surface area (Å²) < 4.78 is 0. The van der Waals surface area contributed by atoms with Gasteiger partial charge in [0.1, 0.15) is 4.87 Å². The molecule has 0 heterocycles. The number of Topliss-reactive ketones (excluding diaryl/α,β-unsaturated/α-hetero) is 1. The molecule has 0 aromatic heterocycles. The Hall–Kier alpha value is -1.31. The summed E-state index contributed by atoms with van der Waals surface area (Å²) in [6.07, 6.45) is 0. The van der Waals surface area contributed by atoms with Crippen LogP contribution in [0.5, 0.6) is 0 Å². The minimum atomic E-state index is -1.18. The maximum Gasteiger partial charge on any atom is 0.185 e. The number of carbonyl (C=O) groups is 1. The number of hydrogen-bond acceptors (Lipinski definition) is 1. The molecule has 0 N–H and O–H groups in total. The Bertz CT molecular complexity index is 549. The lowest BCUT2D eigenvalue weighted by atomic mass is 9.91. The predicted octanol–water partition coefficient (Wildman–Crippen LogP) is 4.85. The number of rotatable bonds is 4. The lowest BCUT2D eigenvalue weighted by molar-refractivity contribution is 0.0944. The maximum atomic E-state index is 12.5. The molecule has 2 atom stereocenters. The lowest BCUT2D eigenvalue weighted by Crippen LogP contribution is -2.33. The summed E-state index contributed by atoms with van der Waals surface area (Å²) in [5.74, 6) is -0.168. The molecule has 19 heavy (non-hydrogen) atoms. The van der Waals surface area contributed by atoms with Crippen molar-refractivity contribution in [2.24, 2.45) is 0 Å². The van der Waals surface area contributed by atoms with Crippen molar-refractivity contribution in [2.75, 3.05) is 0 Å². The van der Waals surface area contributed by atoms with E-state index >= 15 is 0 Å². The van der Waals surface area contributed by atoms with Crippen LogP contribution in [0.3, 0.4) is 0 Å². The highest BCUT2D eigenvalue weighted by Crippen LogP contribution is 2.39. The van der Waals surface area contributed by atoms with E-state index in [2.05, 4.69) is 0 Å². The van der Waals surface area contributed by atoms with Crippen molar-refractivity contribution < 1.29 is 4.79 Å². The molecule has 0 unspecified atom stereocenters. The van der Waals surface area contributed by atoms with Gasteiger partial charge >= 0.3 is 0 Å². The number of hydrogen-bond donors (Lipinski definition) is 0. The van der Waals surface area contributed by atoms with Crippen molar-refractivity contribution in [3.63, 3.8) is 0 Å². The standard InChI is InChI=1S/C16H14Cl2O/c1-16(18,14(17)12-8-4-2-5-9-12)15(19)13-10-6-3-7-11-13/h2-11,14H,1H3/t14-,16+/m1/s1. The van der Waals surface area contributed by atoms with Gasteiger partial charge in [0, 0.05) is 5.56 Å². The van der Waals surface area contributed by atoms with Crippen LogP contribution in [-0.2, 0) is 0 Å². The Labute approximate surface area is 123 Å². The molecule has 0 aliphatic rings. The minimum absolute atomic E-state index is 0.168. The van der Waals surface area contributed by atoms with Gasteiger partial charge in [0.15, 0.2) is 5.78 Å². The zero-order chi connectivity index (χ0) is 13.9. The minimum Gasteiger partial charge on any atom is -0.292 e. The van der Waals surface area contributed by atoms with Crippen LogP contribution < -0.4 is 0 Å². The molecule has 0 bridgehead atoms. The molecule has 2 aromatic carbocycles. The van der Waals surface area contributed by atoms with E-state index < -0.39 is 10.3 Å². The van der Waals surface area contributed by atoms with Crippen LogP contribution in [-0.4, -0.2) is 10.7 Å². The van der Waals surface area contributed by atoms with Crippen LogP contribution in [0, 0.1) is 0 Å². The summed E-state index contributed by atoms with van der Waals surface area (Å²) in [4.78, 5) is 11.3. The molecule has 0 fully saturated rings. The third kappa shape index (κ3) is 2.99. The molecular weight excluding hydrogens is 279 g/mol. The monoisotopic (exact) mass is 292 g/mol. The van der Waals surface area contributed by atoms with Gasteiger partial charge in [-0.2, -0.15) is 0 Å². The topological polar surface area (TPSA) is 17.1 Å². The molecule has 0 amide bonds. The fraction of sp³-hybridized carbons (Fsp3) is 0.188. The smallest absolute Gasteiger partial charge is 0.185 e. The molecule has 0 radical (unpaired) electrons. The summed E-state index contributed by atoms with van der Waals surface area (Å²) >= 11 is 12.8. The van der Waals surface area contributed by atoms with Crippen molar-refractivity contribution in [2.45, 2.75) is 17.2 Å². The molecule has 0 saturated carbocycles. The SMILES string of the molecule is C[C@@](Cl)(C(=O)c1ccccc1)[C@H](Cl)c1ccccc1. The number of alkyl halides is 2. The van der Waals surface area contributed by atoms with Crippen molar-refractivity contribution >= 4 is 29.0 Å². The van der Waals surface area contributed by atoms with Gasteiger partial charge in [-0.25, -0.2) is 0 Å². The molecule has 2 rings (SSSR count). The van der Waals surface area contributed by atoms with Gasteiger partial charge in [0.25, 0.3) is 0 Å². The first-order valence-corrected chi connectivity index (χ1v) is 6.82. The van der Waals surface area contributed by atoms with Crippen LogP contribution in [0.4, 0.5) is 0 Å². The average molecular weight is 293 g/mol. The highest BCUT2D eigenvalue weighted by molar-refractivity contribution is 6.43. The van der Waals surface area contributed by atoms with E-state index in [1.807, 2.05) is 48.5 Å². The van der Waals surface area contributed by atoms with Gasteiger partial charge in [-0.15, -0.1) is 23.2 Å². The van der Waals surface area contributed by atoms with E-state index in [1.54, 1.807) is 19.1 Å². The third-order valence-electron chi connectivity index (χ3n) is 3.05. The molecule has 3 heteroatoms. The summed E-state index contributed by atoms with van der Waals surface area (Å²) in [6.45, 7) is 1.66. The largest absolute Gasteiger partial charge is 0.292 e. The highest BCUT2D eigenvalue weighted by Gasteiger charge is 2.39. The second kappa shape index (κ2) is 5.77. The average Bonchev–Trinajstić information content (AvgIpc) is 2.47. The summed E-state index contributed by atoms with van der Waals surface area (Å²) in [6, 6.07) is 18.4. The number of halogens is 2. The molecule has 98 valence electrons. The summed E-state index contributed by atoms with van der Waals surface area (Å²) in [5.41, 5.74) is 1.41. The Kier molecular flexibility index (Phi) is 4.28. The fourth-order valence-corrected chi connectivity index (χ4v) is 2.40. The zero-order valence-corrected chi connectivity index (χ0v) is 12.0. The van der Waals surface area contributed by atoms with Gasteiger partial charge < -0.3 is 0 Å². The van der Waals surface area contributed by atoms with E-state index in [9.17, 15) is 4.79 Å². The second-order valence-electron chi connectivity index (χ2n) is 4.54. The number of carbonyl (C=O) groups excluding carboxylic acids is 1. The van der Waals surface area contributed by atoms with Crippen LogP contribution in [0.2, 0.25) is 0 Å². The fourth-order valence-electron chi connectivity index (χ4n) is 1.92. The highest BCUT2D eigenvalue weighted by atomic mass is 35.5. The molecular formula is C16H14Cl2O. The van der Waals surface area contributed by atoms with Crippen molar-refractivity contribution in [1.29, 1.82) is 0 Å². The molecule has 0 saturated heterocycles. The van der Waals surface area contributed by atoms with E-state index in [0.29, 0.717) is 5.56 Å². The first-order chi connectivity index (χ1) is 9.03. The van der Waals surface area contributed by atoms with Gasteiger partial charge in [-0.1, -0.05) is 60.7 Å². The van der Waals surface area contributed by atoms with Crippen molar-refractivity contribution in [3.8, 4) is 0 Å². The zero-order valence-electron chi connectivity index (χ0n) is 10.5. The number of ketones is 1. The molecule has 1 nitrogen and oxygen atoms in total. The number of benzene rings is 2. The molecule has 0 aliphatic carbocycles. The lowest BCUT2D eigenvalue weighted by Gasteiger charge is -2.26. The van der Waals surface area contributed by atoms with E-state index in [0.717, 1.165) is 5.56 Å². The molecule has 2 aromatic rings. The van der Waals surface area contributed by atoms with Crippen LogP contribution in [0.25, 0.3) is 0 Å². The second-order valence-corrected chi connectivity index (χ2v) is 5.77. The first kappa shape index (κ1) is 14.1. The summed E-state index contributed by atoms with van der Waals surface area (Å²) in [5, 5.41) is -0.580. The Morgan fingerprint density at radius 2 is 1.47 bits per heavy atom. The Morgan fingerprint density at radius 1 is 1.00 bits per heavy atom. The molecule has 0 spiro atoms. The Balaban J connectivity index is 2.30.